The Morgan fingerprint density at radius 3 is 2.82 bits per heavy atom. The van der Waals surface area contributed by atoms with Gasteiger partial charge in [0.2, 0.25) is 5.91 Å². The second kappa shape index (κ2) is 7.06. The maximum Gasteiger partial charge on any atom is 0.221 e. The fraction of sp³-hybridized carbons (Fsp3) is 0.667. The second-order valence-electron chi connectivity index (χ2n) is 4.16. The molecule has 17 heavy (non-hydrogen) atoms. The van der Waals surface area contributed by atoms with Gasteiger partial charge in [-0.05, 0) is 13.3 Å². The number of carbonyl (C=O) groups excluding carboxylic acids is 1. The third-order valence-electron chi connectivity index (χ3n) is 2.75. The van der Waals surface area contributed by atoms with Crippen molar-refractivity contribution in [2.45, 2.75) is 33.2 Å². The summed E-state index contributed by atoms with van der Waals surface area (Å²) in [6, 6.07) is 0. The average Bonchev–Trinajstić information content (AvgIpc) is 2.63. The summed E-state index contributed by atoms with van der Waals surface area (Å²) >= 11 is 0. The van der Waals surface area contributed by atoms with Crippen molar-refractivity contribution in [3.05, 3.63) is 17.5 Å². The SMILES string of the molecule is CCCNC(=O)CCNCc1cnn(C)c1C. The van der Waals surface area contributed by atoms with E-state index < -0.39 is 0 Å². The average molecular weight is 238 g/mol. The zero-order valence-electron chi connectivity index (χ0n) is 10.9. The van der Waals surface area contributed by atoms with Crippen LogP contribution in [0.4, 0.5) is 0 Å². The van der Waals surface area contributed by atoms with E-state index >= 15 is 0 Å². The summed E-state index contributed by atoms with van der Waals surface area (Å²) in [6.45, 7) is 6.31. The van der Waals surface area contributed by atoms with Crippen molar-refractivity contribution >= 4 is 5.91 Å². The van der Waals surface area contributed by atoms with Gasteiger partial charge in [0.25, 0.3) is 0 Å². The van der Waals surface area contributed by atoms with E-state index in [0.717, 1.165) is 25.2 Å². The largest absolute Gasteiger partial charge is 0.356 e. The standard InChI is InChI=1S/C12H22N4O/c1-4-6-14-12(17)5-7-13-8-11-9-15-16(3)10(11)2/h9,13H,4-8H2,1-3H3,(H,14,17). The second-order valence-corrected chi connectivity index (χ2v) is 4.16. The predicted molar refractivity (Wildman–Crippen MR) is 67.6 cm³/mol. The van der Waals surface area contributed by atoms with Crippen LogP contribution in [-0.2, 0) is 18.4 Å². The molecular weight excluding hydrogens is 216 g/mol. The van der Waals surface area contributed by atoms with Crippen molar-refractivity contribution in [3.8, 4) is 0 Å². The van der Waals surface area contributed by atoms with Gasteiger partial charge in [0, 0.05) is 44.4 Å². The third kappa shape index (κ3) is 4.56. The summed E-state index contributed by atoms with van der Waals surface area (Å²) in [5, 5.41) is 10.3. The van der Waals surface area contributed by atoms with E-state index in [1.165, 1.54) is 5.56 Å². The first-order valence-corrected chi connectivity index (χ1v) is 6.10. The van der Waals surface area contributed by atoms with Crippen LogP contribution >= 0.6 is 0 Å². The van der Waals surface area contributed by atoms with E-state index in [1.54, 1.807) is 0 Å². The minimum atomic E-state index is 0.113. The molecule has 0 saturated carbocycles. The normalized spacial score (nSPS) is 10.5. The van der Waals surface area contributed by atoms with Gasteiger partial charge in [0.1, 0.15) is 0 Å². The maximum atomic E-state index is 11.3. The molecule has 1 amide bonds. The van der Waals surface area contributed by atoms with E-state index in [1.807, 2.05) is 31.8 Å². The number of nitrogens with one attached hydrogen (secondary N) is 2. The third-order valence-corrected chi connectivity index (χ3v) is 2.75. The number of rotatable bonds is 7. The van der Waals surface area contributed by atoms with Crippen LogP contribution in [0.15, 0.2) is 6.20 Å². The Morgan fingerprint density at radius 2 is 2.24 bits per heavy atom. The highest BCUT2D eigenvalue weighted by Crippen LogP contribution is 2.04. The van der Waals surface area contributed by atoms with E-state index in [9.17, 15) is 4.79 Å². The molecule has 5 nitrogen and oxygen atoms in total. The Kier molecular flexibility index (Phi) is 5.69. The number of aromatic nitrogens is 2. The van der Waals surface area contributed by atoms with Crippen molar-refractivity contribution in [3.63, 3.8) is 0 Å². The fourth-order valence-electron chi connectivity index (χ4n) is 1.50. The highest BCUT2D eigenvalue weighted by Gasteiger charge is 2.03. The smallest absolute Gasteiger partial charge is 0.221 e. The van der Waals surface area contributed by atoms with Gasteiger partial charge in [-0.15, -0.1) is 0 Å². The first kappa shape index (κ1) is 13.7. The number of hydrogen-bond acceptors (Lipinski definition) is 3. The summed E-state index contributed by atoms with van der Waals surface area (Å²) in [5.41, 5.74) is 2.34. The molecule has 1 heterocycles. The van der Waals surface area contributed by atoms with E-state index in [0.29, 0.717) is 13.0 Å². The molecule has 0 aliphatic rings. The molecule has 1 aromatic rings. The summed E-state index contributed by atoms with van der Waals surface area (Å²) in [5.74, 6) is 0.113. The molecule has 0 radical (unpaired) electrons. The first-order chi connectivity index (χ1) is 8.15. The Bertz CT molecular complexity index is 359. The van der Waals surface area contributed by atoms with Crippen LogP contribution in [0.5, 0.6) is 0 Å². The van der Waals surface area contributed by atoms with E-state index in [-0.39, 0.29) is 5.91 Å². The summed E-state index contributed by atoms with van der Waals surface area (Å²) in [7, 11) is 1.93. The van der Waals surface area contributed by atoms with Gasteiger partial charge in [-0.2, -0.15) is 5.10 Å². The van der Waals surface area contributed by atoms with E-state index in [4.69, 9.17) is 0 Å². The molecule has 96 valence electrons. The molecular formula is C12H22N4O. The summed E-state index contributed by atoms with van der Waals surface area (Å²) in [6.07, 6.45) is 3.37. The van der Waals surface area contributed by atoms with Crippen LogP contribution in [0.3, 0.4) is 0 Å². The van der Waals surface area contributed by atoms with Crippen molar-refractivity contribution in [1.29, 1.82) is 0 Å². The van der Waals surface area contributed by atoms with Gasteiger partial charge in [-0.25, -0.2) is 0 Å². The van der Waals surface area contributed by atoms with Crippen LogP contribution in [0.1, 0.15) is 31.0 Å². The molecule has 1 aromatic heterocycles. The maximum absolute atomic E-state index is 11.3. The van der Waals surface area contributed by atoms with Gasteiger partial charge in [-0.3, -0.25) is 9.48 Å². The Hall–Kier alpha value is -1.36. The fourth-order valence-corrected chi connectivity index (χ4v) is 1.50. The van der Waals surface area contributed by atoms with Crippen LogP contribution < -0.4 is 10.6 Å². The van der Waals surface area contributed by atoms with Gasteiger partial charge >= 0.3 is 0 Å². The molecule has 1 rings (SSSR count). The van der Waals surface area contributed by atoms with Gasteiger partial charge < -0.3 is 10.6 Å². The van der Waals surface area contributed by atoms with Crippen molar-refractivity contribution in [2.75, 3.05) is 13.1 Å². The van der Waals surface area contributed by atoms with Gasteiger partial charge in [0.05, 0.1) is 6.20 Å². The lowest BCUT2D eigenvalue weighted by molar-refractivity contribution is -0.120. The highest BCUT2D eigenvalue weighted by atomic mass is 16.1. The zero-order valence-corrected chi connectivity index (χ0v) is 10.9. The topological polar surface area (TPSA) is 59.0 Å². The lowest BCUT2D eigenvalue weighted by atomic mass is 10.2. The van der Waals surface area contributed by atoms with Gasteiger partial charge in [-0.1, -0.05) is 6.92 Å². The highest BCUT2D eigenvalue weighted by molar-refractivity contribution is 5.75. The first-order valence-electron chi connectivity index (χ1n) is 6.10. The van der Waals surface area contributed by atoms with Crippen LogP contribution in [0.2, 0.25) is 0 Å². The molecule has 0 spiro atoms. The number of amides is 1. The van der Waals surface area contributed by atoms with Crippen LogP contribution in [0, 0.1) is 6.92 Å². The zero-order chi connectivity index (χ0) is 12.7. The Morgan fingerprint density at radius 1 is 1.47 bits per heavy atom. The molecule has 0 bridgehead atoms. The van der Waals surface area contributed by atoms with Crippen molar-refractivity contribution in [2.24, 2.45) is 7.05 Å². The van der Waals surface area contributed by atoms with E-state index in [2.05, 4.69) is 15.7 Å². The minimum Gasteiger partial charge on any atom is -0.356 e. The van der Waals surface area contributed by atoms with Crippen molar-refractivity contribution < 1.29 is 4.79 Å². The molecule has 5 heteroatoms. The molecule has 0 unspecified atom stereocenters. The number of nitrogens with zero attached hydrogens (tertiary/aromatic N) is 2. The van der Waals surface area contributed by atoms with Crippen LogP contribution in [-0.4, -0.2) is 28.8 Å². The number of aryl methyl sites for hydroxylation is 1. The molecule has 0 fully saturated rings. The quantitative estimate of drug-likeness (QED) is 0.689. The van der Waals surface area contributed by atoms with Crippen LogP contribution in [0.25, 0.3) is 0 Å². The molecule has 0 saturated heterocycles. The summed E-state index contributed by atoms with van der Waals surface area (Å²) < 4.78 is 1.85. The molecule has 0 aliphatic heterocycles. The Balaban J connectivity index is 2.16. The molecule has 2 N–H and O–H groups in total. The summed E-state index contributed by atoms with van der Waals surface area (Å²) in [4.78, 5) is 11.3. The number of hydrogen-bond donors (Lipinski definition) is 2. The molecule has 0 atom stereocenters. The predicted octanol–water partition coefficient (Wildman–Crippen LogP) is 0.734. The lowest BCUT2D eigenvalue weighted by Crippen LogP contribution is -2.28. The Labute approximate surface area is 103 Å². The minimum absolute atomic E-state index is 0.113. The number of carbonyl (C=O) groups is 1. The van der Waals surface area contributed by atoms with Gasteiger partial charge in [0.15, 0.2) is 0 Å². The van der Waals surface area contributed by atoms with Crippen molar-refractivity contribution in [1.82, 2.24) is 20.4 Å². The lowest BCUT2D eigenvalue weighted by Gasteiger charge is -2.05. The monoisotopic (exact) mass is 238 g/mol. The molecule has 0 aliphatic carbocycles. The molecule has 0 aromatic carbocycles.